The maximum atomic E-state index is 13.2. The van der Waals surface area contributed by atoms with Gasteiger partial charge in [-0.2, -0.15) is 0 Å². The van der Waals surface area contributed by atoms with Crippen LogP contribution in [-0.2, 0) is 6.42 Å². The van der Waals surface area contributed by atoms with Gasteiger partial charge < -0.3 is 20.6 Å². The molecule has 0 radical (unpaired) electrons. The Labute approximate surface area is 198 Å². The number of urea groups is 1. The molecule has 0 saturated carbocycles. The standard InChI is InChI=1S/C27H27FN4O2/c28-23-7-4-20(5-8-23)3-6-22-18-24(9-10-26(22)32-16-12-25(33)13-17-32)31-27(34)30-15-11-21-2-1-14-29-19-21/h1-2,4-5,7-10,14,18-19,25,33H,11-13,15-17H2,(H2,30,31,34). The van der Waals surface area contributed by atoms with Gasteiger partial charge in [0.1, 0.15) is 5.82 Å². The number of aliphatic hydroxyl groups is 1. The summed E-state index contributed by atoms with van der Waals surface area (Å²) in [6.45, 7) is 1.95. The molecule has 0 unspecified atom stereocenters. The van der Waals surface area contributed by atoms with Crippen LogP contribution in [0.1, 0.15) is 29.5 Å². The number of amides is 2. The third-order valence-electron chi connectivity index (χ3n) is 5.67. The van der Waals surface area contributed by atoms with Crippen LogP contribution in [0, 0.1) is 17.7 Å². The van der Waals surface area contributed by atoms with E-state index in [9.17, 15) is 14.3 Å². The maximum absolute atomic E-state index is 13.2. The van der Waals surface area contributed by atoms with E-state index in [0.29, 0.717) is 37.1 Å². The molecule has 0 spiro atoms. The number of rotatable bonds is 5. The Hall–Kier alpha value is -3.89. The van der Waals surface area contributed by atoms with E-state index in [1.54, 1.807) is 24.5 Å². The summed E-state index contributed by atoms with van der Waals surface area (Å²) in [5.41, 5.74) is 4.09. The zero-order chi connectivity index (χ0) is 23.8. The molecule has 0 bridgehead atoms. The van der Waals surface area contributed by atoms with Crippen molar-refractivity contribution in [2.75, 3.05) is 29.9 Å². The van der Waals surface area contributed by atoms with Crippen molar-refractivity contribution >= 4 is 17.4 Å². The number of halogens is 1. The maximum Gasteiger partial charge on any atom is 0.319 e. The third-order valence-corrected chi connectivity index (χ3v) is 5.67. The van der Waals surface area contributed by atoms with Crippen molar-refractivity contribution in [3.8, 4) is 11.8 Å². The monoisotopic (exact) mass is 458 g/mol. The minimum Gasteiger partial charge on any atom is -0.393 e. The lowest BCUT2D eigenvalue weighted by atomic mass is 10.0. The van der Waals surface area contributed by atoms with Gasteiger partial charge in [0.25, 0.3) is 0 Å². The van der Waals surface area contributed by atoms with E-state index >= 15 is 0 Å². The number of anilines is 2. The second kappa shape index (κ2) is 11.3. The number of pyridine rings is 1. The van der Waals surface area contributed by atoms with Gasteiger partial charge >= 0.3 is 6.03 Å². The lowest BCUT2D eigenvalue weighted by Gasteiger charge is -2.32. The van der Waals surface area contributed by atoms with E-state index in [1.165, 1.54) is 12.1 Å². The fourth-order valence-electron chi connectivity index (χ4n) is 3.81. The summed E-state index contributed by atoms with van der Waals surface area (Å²) in [6, 6.07) is 15.2. The summed E-state index contributed by atoms with van der Waals surface area (Å²) >= 11 is 0. The smallest absolute Gasteiger partial charge is 0.319 e. The minimum atomic E-state index is -0.307. The highest BCUT2D eigenvalue weighted by molar-refractivity contribution is 5.90. The first-order chi connectivity index (χ1) is 16.6. The predicted octanol–water partition coefficient (Wildman–Crippen LogP) is 3.95. The van der Waals surface area contributed by atoms with Gasteiger partial charge in [0.2, 0.25) is 0 Å². The molecule has 2 heterocycles. The zero-order valence-corrected chi connectivity index (χ0v) is 18.8. The Morgan fingerprint density at radius 3 is 2.65 bits per heavy atom. The second-order valence-corrected chi connectivity index (χ2v) is 8.20. The molecular weight excluding hydrogens is 431 g/mol. The van der Waals surface area contributed by atoms with Gasteiger partial charge in [-0.1, -0.05) is 17.9 Å². The van der Waals surface area contributed by atoms with E-state index in [-0.39, 0.29) is 18.0 Å². The SMILES string of the molecule is O=C(NCCc1cccnc1)Nc1ccc(N2CCC(O)CC2)c(C#Cc2ccc(F)cc2)c1. The average molecular weight is 459 g/mol. The number of hydrogen-bond acceptors (Lipinski definition) is 4. The summed E-state index contributed by atoms with van der Waals surface area (Å²) in [5, 5.41) is 15.6. The Kier molecular flexibility index (Phi) is 7.74. The Balaban J connectivity index is 1.48. The van der Waals surface area contributed by atoms with Crippen molar-refractivity contribution in [1.29, 1.82) is 0 Å². The molecule has 1 aromatic heterocycles. The quantitative estimate of drug-likeness (QED) is 0.506. The number of benzene rings is 2. The van der Waals surface area contributed by atoms with Gasteiger partial charge in [-0.3, -0.25) is 4.98 Å². The number of aromatic nitrogens is 1. The van der Waals surface area contributed by atoms with Crippen molar-refractivity contribution in [2.45, 2.75) is 25.4 Å². The summed E-state index contributed by atoms with van der Waals surface area (Å²) in [4.78, 5) is 18.7. The number of nitrogens with zero attached hydrogens (tertiary/aromatic N) is 2. The average Bonchev–Trinajstić information content (AvgIpc) is 2.85. The van der Waals surface area contributed by atoms with Gasteiger partial charge in [0, 0.05) is 43.3 Å². The Morgan fingerprint density at radius 2 is 1.91 bits per heavy atom. The fraction of sp³-hybridized carbons (Fsp3) is 0.259. The van der Waals surface area contributed by atoms with Crippen LogP contribution >= 0.6 is 0 Å². The van der Waals surface area contributed by atoms with Crippen molar-refractivity contribution < 1.29 is 14.3 Å². The first kappa shape index (κ1) is 23.3. The predicted molar refractivity (Wildman–Crippen MR) is 131 cm³/mol. The van der Waals surface area contributed by atoms with Crippen LogP contribution in [0.2, 0.25) is 0 Å². The van der Waals surface area contributed by atoms with E-state index in [0.717, 1.165) is 29.9 Å². The summed E-state index contributed by atoms with van der Waals surface area (Å²) in [5.74, 6) is 5.96. The third kappa shape index (κ3) is 6.56. The van der Waals surface area contributed by atoms with Crippen molar-refractivity contribution in [1.82, 2.24) is 10.3 Å². The molecule has 1 saturated heterocycles. The molecule has 0 atom stereocenters. The van der Waals surface area contributed by atoms with Gasteiger partial charge in [0.15, 0.2) is 0 Å². The summed E-state index contributed by atoms with van der Waals surface area (Å²) in [7, 11) is 0. The van der Waals surface area contributed by atoms with Crippen molar-refractivity contribution in [3.05, 3.63) is 89.5 Å². The Morgan fingerprint density at radius 1 is 1.12 bits per heavy atom. The highest BCUT2D eigenvalue weighted by Crippen LogP contribution is 2.27. The van der Waals surface area contributed by atoms with Crippen LogP contribution in [0.15, 0.2) is 67.0 Å². The molecule has 1 fully saturated rings. The van der Waals surface area contributed by atoms with E-state index in [1.807, 2.05) is 30.3 Å². The first-order valence-electron chi connectivity index (χ1n) is 11.4. The number of piperidine rings is 1. The van der Waals surface area contributed by atoms with Crippen LogP contribution in [0.25, 0.3) is 0 Å². The van der Waals surface area contributed by atoms with Crippen LogP contribution < -0.4 is 15.5 Å². The van der Waals surface area contributed by atoms with Crippen molar-refractivity contribution in [2.24, 2.45) is 0 Å². The molecule has 34 heavy (non-hydrogen) atoms. The van der Waals surface area contributed by atoms with Gasteiger partial charge in [-0.15, -0.1) is 0 Å². The molecule has 3 aromatic rings. The van der Waals surface area contributed by atoms with Gasteiger partial charge in [-0.05, 0) is 73.4 Å². The van der Waals surface area contributed by atoms with Gasteiger partial charge in [-0.25, -0.2) is 9.18 Å². The van der Waals surface area contributed by atoms with Gasteiger partial charge in [0.05, 0.1) is 17.4 Å². The zero-order valence-electron chi connectivity index (χ0n) is 18.8. The lowest BCUT2D eigenvalue weighted by molar-refractivity contribution is 0.145. The first-order valence-corrected chi connectivity index (χ1v) is 11.4. The highest BCUT2D eigenvalue weighted by atomic mass is 19.1. The largest absolute Gasteiger partial charge is 0.393 e. The van der Waals surface area contributed by atoms with Crippen LogP contribution in [0.5, 0.6) is 0 Å². The number of carbonyl (C=O) groups is 1. The molecule has 2 aromatic carbocycles. The molecular formula is C27H27FN4O2. The molecule has 174 valence electrons. The number of carbonyl (C=O) groups excluding carboxylic acids is 1. The van der Waals surface area contributed by atoms with Crippen molar-refractivity contribution in [3.63, 3.8) is 0 Å². The molecule has 1 aliphatic rings. The summed E-state index contributed by atoms with van der Waals surface area (Å²) in [6.07, 6.45) is 5.31. The Bertz CT molecular complexity index is 1160. The molecule has 2 amide bonds. The van der Waals surface area contributed by atoms with Crippen LogP contribution in [0.3, 0.4) is 0 Å². The molecule has 0 aliphatic carbocycles. The lowest BCUT2D eigenvalue weighted by Crippen LogP contribution is -2.36. The fourth-order valence-corrected chi connectivity index (χ4v) is 3.81. The molecule has 1 aliphatic heterocycles. The van der Waals surface area contributed by atoms with E-state index in [2.05, 4.69) is 32.4 Å². The second-order valence-electron chi connectivity index (χ2n) is 8.20. The number of aliphatic hydroxyl groups excluding tert-OH is 1. The topological polar surface area (TPSA) is 77.5 Å². The molecule has 4 rings (SSSR count). The molecule has 7 heteroatoms. The van der Waals surface area contributed by atoms with E-state index < -0.39 is 0 Å². The van der Waals surface area contributed by atoms with E-state index in [4.69, 9.17) is 0 Å². The van der Waals surface area contributed by atoms with Crippen LogP contribution in [-0.4, -0.2) is 41.9 Å². The number of nitrogens with one attached hydrogen (secondary N) is 2. The molecule has 6 nitrogen and oxygen atoms in total. The highest BCUT2D eigenvalue weighted by Gasteiger charge is 2.19. The molecule has 3 N–H and O–H groups in total. The number of hydrogen-bond donors (Lipinski definition) is 3. The summed E-state index contributed by atoms with van der Waals surface area (Å²) < 4.78 is 13.2. The minimum absolute atomic E-state index is 0.277. The van der Waals surface area contributed by atoms with Crippen LogP contribution in [0.4, 0.5) is 20.6 Å². The normalized spacial score (nSPS) is 13.6.